The van der Waals surface area contributed by atoms with E-state index in [-0.39, 0.29) is 12.4 Å². The van der Waals surface area contributed by atoms with Crippen LogP contribution in [0.5, 0.6) is 0 Å². The van der Waals surface area contributed by atoms with Gasteiger partial charge in [-0.05, 0) is 37.5 Å². The number of aryl methyl sites for hydroxylation is 2. The Labute approximate surface area is 112 Å². The minimum absolute atomic E-state index is 0. The first-order valence-electron chi connectivity index (χ1n) is 5.94. The Morgan fingerprint density at radius 1 is 1.18 bits per heavy atom. The standard InChI is InChI=1S/C15H24N.ClH/c1-7-14-9-12(3)15(13(4)10-14)11-16(5,6)8-2;/h7,9-10H,1,8,11H2,2-6H3;1H/q+1;/p-1. The van der Waals surface area contributed by atoms with E-state index < -0.39 is 0 Å². The maximum absolute atomic E-state index is 3.83. The topological polar surface area (TPSA) is 0 Å². The van der Waals surface area contributed by atoms with Gasteiger partial charge in [-0.3, -0.25) is 0 Å². The fourth-order valence-electron chi connectivity index (χ4n) is 1.93. The summed E-state index contributed by atoms with van der Waals surface area (Å²) >= 11 is 0. The van der Waals surface area contributed by atoms with E-state index in [2.05, 4.69) is 53.6 Å². The van der Waals surface area contributed by atoms with Crippen LogP contribution in [-0.4, -0.2) is 25.1 Å². The van der Waals surface area contributed by atoms with E-state index in [0.717, 1.165) is 17.6 Å². The molecule has 2 heteroatoms. The Kier molecular flexibility index (Phi) is 5.94. The number of halogens is 1. The molecule has 17 heavy (non-hydrogen) atoms. The Bertz CT molecular complexity index is 371. The molecule has 0 radical (unpaired) electrons. The summed E-state index contributed by atoms with van der Waals surface area (Å²) in [6.07, 6.45) is 1.92. The third-order valence-electron chi connectivity index (χ3n) is 3.40. The lowest BCUT2D eigenvalue weighted by molar-refractivity contribution is -0.901. The highest BCUT2D eigenvalue weighted by Gasteiger charge is 2.16. The summed E-state index contributed by atoms with van der Waals surface area (Å²) in [5, 5.41) is 0. The number of benzene rings is 1. The molecular formula is C15H24ClN. The first-order valence-corrected chi connectivity index (χ1v) is 5.94. The van der Waals surface area contributed by atoms with Crippen LogP contribution in [0.2, 0.25) is 0 Å². The van der Waals surface area contributed by atoms with Crippen molar-refractivity contribution in [2.24, 2.45) is 0 Å². The molecule has 0 spiro atoms. The van der Waals surface area contributed by atoms with Crippen molar-refractivity contribution in [1.29, 1.82) is 0 Å². The number of nitrogens with zero attached hydrogens (tertiary/aromatic N) is 1. The van der Waals surface area contributed by atoms with Crippen molar-refractivity contribution in [3.63, 3.8) is 0 Å². The van der Waals surface area contributed by atoms with Crippen LogP contribution in [-0.2, 0) is 6.54 Å². The summed E-state index contributed by atoms with van der Waals surface area (Å²) in [5.41, 5.74) is 5.47. The molecule has 0 aromatic heterocycles. The molecule has 0 aliphatic rings. The molecule has 1 aromatic rings. The number of hydrogen-bond acceptors (Lipinski definition) is 0. The number of hydrogen-bond donors (Lipinski definition) is 0. The van der Waals surface area contributed by atoms with Crippen molar-refractivity contribution >= 4 is 6.08 Å². The van der Waals surface area contributed by atoms with Gasteiger partial charge in [-0.1, -0.05) is 24.8 Å². The summed E-state index contributed by atoms with van der Waals surface area (Å²) in [5.74, 6) is 0. The molecule has 96 valence electrons. The van der Waals surface area contributed by atoms with Crippen LogP contribution in [0, 0.1) is 13.8 Å². The molecule has 0 saturated carbocycles. The summed E-state index contributed by atoms with van der Waals surface area (Å²) in [4.78, 5) is 0. The Morgan fingerprint density at radius 2 is 1.65 bits per heavy atom. The number of rotatable bonds is 4. The maximum Gasteiger partial charge on any atom is 0.104 e. The van der Waals surface area contributed by atoms with Crippen LogP contribution in [0.4, 0.5) is 0 Å². The third kappa shape index (κ3) is 4.18. The zero-order valence-corrected chi connectivity index (χ0v) is 12.4. The normalized spacial score (nSPS) is 10.9. The van der Waals surface area contributed by atoms with Crippen molar-refractivity contribution < 1.29 is 16.9 Å². The zero-order chi connectivity index (χ0) is 12.3. The van der Waals surface area contributed by atoms with E-state index in [1.165, 1.54) is 22.3 Å². The van der Waals surface area contributed by atoms with Gasteiger partial charge >= 0.3 is 0 Å². The fraction of sp³-hybridized carbons (Fsp3) is 0.467. The Morgan fingerprint density at radius 3 is 2.00 bits per heavy atom. The number of quaternary nitrogens is 1. The molecule has 0 unspecified atom stereocenters. The van der Waals surface area contributed by atoms with Crippen molar-refractivity contribution in [1.82, 2.24) is 0 Å². The second-order valence-corrected chi connectivity index (χ2v) is 5.25. The first kappa shape index (κ1) is 16.2. The molecule has 0 N–H and O–H groups in total. The van der Waals surface area contributed by atoms with Crippen molar-refractivity contribution in [2.75, 3.05) is 20.6 Å². The predicted octanol–water partition coefficient (Wildman–Crippen LogP) is 0.547. The lowest BCUT2D eigenvalue weighted by Crippen LogP contribution is -3.00. The van der Waals surface area contributed by atoms with Crippen molar-refractivity contribution in [2.45, 2.75) is 27.3 Å². The minimum Gasteiger partial charge on any atom is -1.00 e. The van der Waals surface area contributed by atoms with Gasteiger partial charge in [0.2, 0.25) is 0 Å². The predicted molar refractivity (Wildman–Crippen MR) is 72.4 cm³/mol. The van der Waals surface area contributed by atoms with E-state index in [9.17, 15) is 0 Å². The second kappa shape index (κ2) is 6.23. The zero-order valence-electron chi connectivity index (χ0n) is 11.7. The van der Waals surface area contributed by atoms with Crippen LogP contribution in [0.25, 0.3) is 6.08 Å². The van der Waals surface area contributed by atoms with Crippen molar-refractivity contribution in [3.8, 4) is 0 Å². The van der Waals surface area contributed by atoms with Gasteiger partial charge in [0.1, 0.15) is 6.54 Å². The van der Waals surface area contributed by atoms with Gasteiger partial charge in [-0.2, -0.15) is 0 Å². The van der Waals surface area contributed by atoms with Gasteiger partial charge in [-0.15, -0.1) is 0 Å². The SMILES string of the molecule is C=Cc1cc(C)c(C[N+](C)(C)CC)c(C)c1.[Cl-]. The second-order valence-electron chi connectivity index (χ2n) is 5.25. The van der Waals surface area contributed by atoms with Gasteiger partial charge in [0.15, 0.2) is 0 Å². The third-order valence-corrected chi connectivity index (χ3v) is 3.40. The minimum atomic E-state index is 0. The molecule has 1 nitrogen and oxygen atoms in total. The molecule has 0 atom stereocenters. The maximum atomic E-state index is 3.83. The van der Waals surface area contributed by atoms with E-state index in [1.807, 2.05) is 6.08 Å². The monoisotopic (exact) mass is 253 g/mol. The molecule has 1 aromatic carbocycles. The van der Waals surface area contributed by atoms with Gasteiger partial charge in [0.05, 0.1) is 20.6 Å². The van der Waals surface area contributed by atoms with Gasteiger partial charge in [-0.25, -0.2) is 0 Å². The first-order chi connectivity index (χ1) is 7.39. The summed E-state index contributed by atoms with van der Waals surface area (Å²) in [6.45, 7) is 12.7. The summed E-state index contributed by atoms with van der Waals surface area (Å²) < 4.78 is 1.04. The van der Waals surface area contributed by atoms with E-state index in [0.29, 0.717) is 0 Å². The lowest BCUT2D eigenvalue weighted by Gasteiger charge is -2.29. The largest absolute Gasteiger partial charge is 1.00 e. The van der Waals surface area contributed by atoms with E-state index in [1.54, 1.807) is 0 Å². The van der Waals surface area contributed by atoms with Crippen LogP contribution in [0.1, 0.15) is 29.2 Å². The lowest BCUT2D eigenvalue weighted by atomic mass is 9.98. The van der Waals surface area contributed by atoms with E-state index in [4.69, 9.17) is 0 Å². The Balaban J connectivity index is 0.00000256. The van der Waals surface area contributed by atoms with Crippen LogP contribution in [0.15, 0.2) is 18.7 Å². The average Bonchev–Trinajstić information content (AvgIpc) is 2.23. The molecule has 0 heterocycles. The molecule has 0 saturated heterocycles. The highest BCUT2D eigenvalue weighted by atomic mass is 35.5. The van der Waals surface area contributed by atoms with Gasteiger partial charge < -0.3 is 16.9 Å². The average molecular weight is 254 g/mol. The molecule has 1 rings (SSSR count). The van der Waals surface area contributed by atoms with Crippen molar-refractivity contribution in [3.05, 3.63) is 41.0 Å². The molecule has 0 aliphatic heterocycles. The Hall–Kier alpha value is -0.790. The molecule has 0 aliphatic carbocycles. The van der Waals surface area contributed by atoms with Crippen LogP contribution in [0.3, 0.4) is 0 Å². The van der Waals surface area contributed by atoms with Crippen LogP contribution < -0.4 is 12.4 Å². The van der Waals surface area contributed by atoms with Gasteiger partial charge in [0.25, 0.3) is 0 Å². The van der Waals surface area contributed by atoms with Crippen LogP contribution >= 0.6 is 0 Å². The van der Waals surface area contributed by atoms with Gasteiger partial charge in [0, 0.05) is 5.56 Å². The smallest absolute Gasteiger partial charge is 0.104 e. The molecule has 0 fully saturated rings. The molecular weight excluding hydrogens is 230 g/mol. The quantitative estimate of drug-likeness (QED) is 0.688. The highest BCUT2D eigenvalue weighted by molar-refractivity contribution is 5.52. The van der Waals surface area contributed by atoms with E-state index >= 15 is 0 Å². The highest BCUT2D eigenvalue weighted by Crippen LogP contribution is 2.20. The summed E-state index contributed by atoms with van der Waals surface area (Å²) in [6, 6.07) is 4.45. The molecule has 0 bridgehead atoms. The summed E-state index contributed by atoms with van der Waals surface area (Å²) in [7, 11) is 4.56. The molecule has 0 amide bonds. The fourth-order valence-corrected chi connectivity index (χ4v) is 1.93.